The summed E-state index contributed by atoms with van der Waals surface area (Å²) in [6, 6.07) is 10.7. The number of carbonyl (C=O) groups is 4. The minimum absolute atomic E-state index is 0.197. The van der Waals surface area contributed by atoms with Gasteiger partial charge in [-0.25, -0.2) is 4.79 Å². The molecule has 1 fully saturated rings. The van der Waals surface area contributed by atoms with E-state index >= 15 is 0 Å². The molecular formula is C36H41Cl2N7O6. The second-order valence-electron chi connectivity index (χ2n) is 12.6. The predicted octanol–water partition coefficient (Wildman–Crippen LogP) is 3.47. The number of primary amides is 1. The van der Waals surface area contributed by atoms with Crippen molar-refractivity contribution >= 4 is 47.0 Å². The van der Waals surface area contributed by atoms with Crippen LogP contribution in [0.4, 0.5) is 4.79 Å². The predicted molar refractivity (Wildman–Crippen MR) is 192 cm³/mol. The number of fused-ring (bicyclic) bond motifs is 1. The van der Waals surface area contributed by atoms with Crippen LogP contribution in [0, 0.1) is 11.8 Å². The molecule has 4 amide bonds. The Morgan fingerprint density at radius 2 is 1.86 bits per heavy atom. The van der Waals surface area contributed by atoms with Crippen LogP contribution in [0.3, 0.4) is 0 Å². The second kappa shape index (κ2) is 17.1. The van der Waals surface area contributed by atoms with E-state index in [9.17, 15) is 19.2 Å². The molecule has 0 bridgehead atoms. The lowest BCUT2D eigenvalue weighted by Crippen LogP contribution is -2.44. The van der Waals surface area contributed by atoms with E-state index in [0.29, 0.717) is 53.8 Å². The number of nitrogens with two attached hydrogens (primary N) is 1. The Kier molecular flexibility index (Phi) is 12.6. The topological polar surface area (TPSA) is 163 Å². The fourth-order valence-corrected chi connectivity index (χ4v) is 6.52. The maximum absolute atomic E-state index is 12.8. The maximum atomic E-state index is 12.8. The number of nitrogens with one attached hydrogen (secondary N) is 1. The van der Waals surface area contributed by atoms with Crippen molar-refractivity contribution in [1.82, 2.24) is 29.8 Å². The number of rotatable bonds is 10. The molecular weight excluding hydrogens is 697 g/mol. The molecule has 0 saturated carbocycles. The number of aromatic nitrogens is 2. The molecule has 5 rings (SSSR count). The molecule has 1 atom stereocenters. The van der Waals surface area contributed by atoms with Crippen molar-refractivity contribution < 1.29 is 29.0 Å². The van der Waals surface area contributed by atoms with Gasteiger partial charge in [0.15, 0.2) is 0 Å². The highest BCUT2D eigenvalue weighted by atomic mass is 35.5. The monoisotopic (exact) mass is 737 g/mol. The van der Waals surface area contributed by atoms with Crippen molar-refractivity contribution in [2.75, 3.05) is 53.0 Å². The number of carbonyl (C=O) groups excluding carboxylic acids is 3. The van der Waals surface area contributed by atoms with Crippen LogP contribution in [-0.4, -0.2) is 112 Å². The molecule has 2 aliphatic rings. The standard InChI is InChI=1S/C36H41Cl2N7O6/c1-23-22-51-18-17-43(23)14-4-15-45-31-11-16-44(35(48)33(39)46)21-28(31)32(41-45)26-8-10-29(37)25(20-26)7-5-24-6-9-30(38)27(19-24)34(47)40-12-3-13-42(2)36(49)50/h6,8-10,19-20,23H,3-4,11-18,21-22H2,1-2H3,(H2,39,46)(H,40,47)(H,49,50)/t23-/m0/s1. The van der Waals surface area contributed by atoms with E-state index in [2.05, 4.69) is 29.0 Å². The number of morpholine rings is 1. The van der Waals surface area contributed by atoms with Gasteiger partial charge in [-0.1, -0.05) is 41.1 Å². The molecule has 2 aliphatic heterocycles. The average molecular weight is 739 g/mol. The first-order chi connectivity index (χ1) is 24.4. The highest BCUT2D eigenvalue weighted by Crippen LogP contribution is 2.32. The SMILES string of the molecule is C[C@H]1COCCN1CCCn1nc(-c2ccc(Cl)c(C#Cc3ccc(Cl)c(C(=O)NCCCN(C)C(=O)O)c3)c2)c2c1CCN(C(=O)C(N)=O)C2. The van der Waals surface area contributed by atoms with E-state index in [1.54, 1.807) is 24.3 Å². The van der Waals surface area contributed by atoms with E-state index in [4.69, 9.17) is 43.9 Å². The molecule has 0 unspecified atom stereocenters. The van der Waals surface area contributed by atoms with Gasteiger partial charge in [-0.05, 0) is 50.1 Å². The summed E-state index contributed by atoms with van der Waals surface area (Å²) >= 11 is 12.9. The zero-order chi connectivity index (χ0) is 36.7. The van der Waals surface area contributed by atoms with Gasteiger partial charge in [0, 0.05) is 86.7 Å². The first kappa shape index (κ1) is 37.6. The molecule has 1 aromatic heterocycles. The van der Waals surface area contributed by atoms with Crippen molar-refractivity contribution in [3.05, 3.63) is 74.4 Å². The lowest BCUT2D eigenvalue weighted by molar-refractivity contribution is -0.144. The summed E-state index contributed by atoms with van der Waals surface area (Å²) < 4.78 is 7.58. The third-order valence-corrected chi connectivity index (χ3v) is 9.69. The molecule has 0 radical (unpaired) electrons. The number of carboxylic acid groups (broad SMARTS) is 1. The molecule has 4 N–H and O–H groups in total. The molecule has 1 saturated heterocycles. The number of nitrogens with zero attached hydrogens (tertiary/aromatic N) is 5. The molecule has 0 aliphatic carbocycles. The zero-order valence-electron chi connectivity index (χ0n) is 28.6. The number of aryl methyl sites for hydroxylation is 1. The van der Waals surface area contributed by atoms with Crippen LogP contribution in [0.25, 0.3) is 11.3 Å². The molecule has 13 nitrogen and oxygen atoms in total. The Morgan fingerprint density at radius 3 is 2.61 bits per heavy atom. The minimum atomic E-state index is -1.04. The number of ether oxygens (including phenoxy) is 1. The number of hydrogen-bond acceptors (Lipinski definition) is 7. The molecule has 3 aromatic rings. The third-order valence-electron chi connectivity index (χ3n) is 9.03. The van der Waals surface area contributed by atoms with Crippen molar-refractivity contribution in [3.8, 4) is 23.1 Å². The molecule has 15 heteroatoms. The molecule has 270 valence electrons. The van der Waals surface area contributed by atoms with Gasteiger partial charge < -0.3 is 30.7 Å². The lowest BCUT2D eigenvalue weighted by atomic mass is 9.99. The van der Waals surface area contributed by atoms with Gasteiger partial charge in [0.05, 0.1) is 41.1 Å². The van der Waals surface area contributed by atoms with E-state index in [-0.39, 0.29) is 30.2 Å². The Balaban J connectivity index is 1.37. The maximum Gasteiger partial charge on any atom is 0.407 e. The van der Waals surface area contributed by atoms with Crippen LogP contribution in [0.1, 0.15) is 52.5 Å². The molecule has 0 spiro atoms. The Hall–Kier alpha value is -4.61. The summed E-state index contributed by atoms with van der Waals surface area (Å²) in [7, 11) is 1.46. The van der Waals surface area contributed by atoms with Crippen molar-refractivity contribution in [2.45, 2.75) is 45.3 Å². The van der Waals surface area contributed by atoms with Gasteiger partial charge in [0.1, 0.15) is 0 Å². The highest BCUT2D eigenvalue weighted by molar-refractivity contribution is 6.34. The van der Waals surface area contributed by atoms with Gasteiger partial charge in [0.25, 0.3) is 5.91 Å². The number of halogens is 2. The largest absolute Gasteiger partial charge is 0.465 e. The van der Waals surface area contributed by atoms with E-state index < -0.39 is 23.8 Å². The quantitative estimate of drug-likeness (QED) is 0.162. The van der Waals surface area contributed by atoms with E-state index in [1.807, 2.05) is 16.8 Å². The van der Waals surface area contributed by atoms with Crippen molar-refractivity contribution in [3.63, 3.8) is 0 Å². The van der Waals surface area contributed by atoms with Gasteiger partial charge >= 0.3 is 17.9 Å². The van der Waals surface area contributed by atoms with Crippen molar-refractivity contribution in [2.24, 2.45) is 5.73 Å². The van der Waals surface area contributed by atoms with Gasteiger partial charge in [0.2, 0.25) is 0 Å². The van der Waals surface area contributed by atoms with Gasteiger partial charge in [-0.2, -0.15) is 5.10 Å². The summed E-state index contributed by atoms with van der Waals surface area (Å²) in [6.45, 7) is 7.18. The van der Waals surface area contributed by atoms with Crippen LogP contribution in [0.5, 0.6) is 0 Å². The van der Waals surface area contributed by atoms with Crippen LogP contribution >= 0.6 is 23.2 Å². The molecule has 51 heavy (non-hydrogen) atoms. The van der Waals surface area contributed by atoms with E-state index in [0.717, 1.165) is 54.4 Å². The fourth-order valence-electron chi connectivity index (χ4n) is 6.15. The summed E-state index contributed by atoms with van der Waals surface area (Å²) in [4.78, 5) is 53.2. The van der Waals surface area contributed by atoms with Gasteiger partial charge in [-0.3, -0.25) is 24.0 Å². The number of benzene rings is 2. The van der Waals surface area contributed by atoms with Crippen LogP contribution in [-0.2, 0) is 33.8 Å². The van der Waals surface area contributed by atoms with Crippen molar-refractivity contribution in [1.29, 1.82) is 0 Å². The summed E-state index contributed by atoms with van der Waals surface area (Å²) in [5.41, 5.74) is 9.93. The Bertz CT molecular complexity index is 1870. The van der Waals surface area contributed by atoms with Gasteiger partial charge in [-0.15, -0.1) is 0 Å². The minimum Gasteiger partial charge on any atom is -0.465 e. The number of amides is 4. The lowest BCUT2D eigenvalue weighted by Gasteiger charge is -2.33. The van der Waals surface area contributed by atoms with Crippen LogP contribution < -0.4 is 11.1 Å². The molecule has 3 heterocycles. The average Bonchev–Trinajstić information content (AvgIpc) is 3.48. The Morgan fingerprint density at radius 1 is 1.08 bits per heavy atom. The van der Waals surface area contributed by atoms with Crippen LogP contribution in [0.2, 0.25) is 10.0 Å². The van der Waals surface area contributed by atoms with Crippen LogP contribution in [0.15, 0.2) is 36.4 Å². The first-order valence-electron chi connectivity index (χ1n) is 16.8. The first-order valence-corrected chi connectivity index (χ1v) is 17.5. The Labute approximate surface area is 306 Å². The molecule has 2 aromatic carbocycles. The second-order valence-corrected chi connectivity index (χ2v) is 13.4. The summed E-state index contributed by atoms with van der Waals surface area (Å²) in [6.07, 6.45) is 0.808. The fraction of sp³-hybridized carbons (Fsp3) is 0.417. The summed E-state index contributed by atoms with van der Waals surface area (Å²) in [5.74, 6) is 4.06. The van der Waals surface area contributed by atoms with E-state index in [1.165, 1.54) is 11.9 Å². The number of hydrogen-bond donors (Lipinski definition) is 3. The summed E-state index contributed by atoms with van der Waals surface area (Å²) in [5, 5.41) is 17.4. The third kappa shape index (κ3) is 9.39. The zero-order valence-corrected chi connectivity index (χ0v) is 30.1. The smallest absolute Gasteiger partial charge is 0.407 e. The highest BCUT2D eigenvalue weighted by Gasteiger charge is 2.30. The normalized spacial score (nSPS) is 15.8.